The van der Waals surface area contributed by atoms with Crippen molar-refractivity contribution >= 4 is 17.1 Å². The fraction of sp³-hybridized carbons (Fsp3) is 0.250. The lowest BCUT2D eigenvalue weighted by Crippen LogP contribution is -1.83. The Morgan fingerprint density at radius 2 is 2.31 bits per heavy atom. The molecule has 0 aliphatic rings. The fourth-order valence-electron chi connectivity index (χ4n) is 1.59. The van der Waals surface area contributed by atoms with Crippen molar-refractivity contribution in [2.45, 2.75) is 13.3 Å². The van der Waals surface area contributed by atoms with Gasteiger partial charge in [0.25, 0.3) is 0 Å². The second kappa shape index (κ2) is 4.35. The highest BCUT2D eigenvalue weighted by Gasteiger charge is 2.08. The number of aromatic hydroxyl groups is 1. The van der Waals surface area contributed by atoms with E-state index in [2.05, 4.69) is 9.98 Å². The fourth-order valence-corrected chi connectivity index (χ4v) is 1.59. The van der Waals surface area contributed by atoms with Crippen LogP contribution in [0, 0.1) is 5.82 Å². The molecule has 0 saturated carbocycles. The van der Waals surface area contributed by atoms with Crippen molar-refractivity contribution in [2.75, 3.05) is 6.54 Å². The molecule has 0 amide bonds. The third-order valence-corrected chi connectivity index (χ3v) is 2.35. The third-order valence-electron chi connectivity index (χ3n) is 2.35. The molecule has 1 heterocycles. The molecule has 0 bridgehead atoms. The summed E-state index contributed by atoms with van der Waals surface area (Å²) in [5, 5.41) is 10.3. The molecular weight excluding hydrogens is 207 g/mol. The lowest BCUT2D eigenvalue weighted by molar-refractivity contribution is 0.457. The van der Waals surface area contributed by atoms with Crippen molar-refractivity contribution in [2.24, 2.45) is 4.99 Å². The number of aromatic nitrogens is 1. The molecule has 0 aliphatic carbocycles. The molecular formula is C12H13FN2O. The Morgan fingerprint density at radius 1 is 1.50 bits per heavy atom. The summed E-state index contributed by atoms with van der Waals surface area (Å²) >= 11 is 0. The summed E-state index contributed by atoms with van der Waals surface area (Å²) in [5.74, 6) is -0.294. The molecule has 0 fully saturated rings. The van der Waals surface area contributed by atoms with Gasteiger partial charge in [0.15, 0.2) is 5.88 Å². The van der Waals surface area contributed by atoms with Crippen molar-refractivity contribution in [3.8, 4) is 5.88 Å². The summed E-state index contributed by atoms with van der Waals surface area (Å²) in [7, 11) is 0. The highest BCUT2D eigenvalue weighted by atomic mass is 19.1. The first-order valence-electron chi connectivity index (χ1n) is 5.22. The zero-order chi connectivity index (χ0) is 11.5. The van der Waals surface area contributed by atoms with Gasteiger partial charge in [-0.3, -0.25) is 4.99 Å². The zero-order valence-electron chi connectivity index (χ0n) is 9.00. The molecule has 0 aliphatic heterocycles. The second-order valence-corrected chi connectivity index (χ2v) is 3.61. The van der Waals surface area contributed by atoms with Crippen LogP contribution in [-0.2, 0) is 0 Å². The van der Waals surface area contributed by atoms with Crippen LogP contribution in [0.5, 0.6) is 5.88 Å². The van der Waals surface area contributed by atoms with E-state index in [1.807, 2.05) is 6.92 Å². The number of nitrogens with zero attached hydrogens (tertiary/aromatic N) is 1. The van der Waals surface area contributed by atoms with Gasteiger partial charge in [-0.1, -0.05) is 6.92 Å². The molecule has 16 heavy (non-hydrogen) atoms. The first-order chi connectivity index (χ1) is 7.72. The minimum Gasteiger partial charge on any atom is -0.494 e. The number of hydrogen-bond donors (Lipinski definition) is 2. The largest absolute Gasteiger partial charge is 0.494 e. The smallest absolute Gasteiger partial charge is 0.198 e. The van der Waals surface area contributed by atoms with E-state index >= 15 is 0 Å². The van der Waals surface area contributed by atoms with E-state index in [1.54, 1.807) is 12.3 Å². The minimum absolute atomic E-state index is 0.0282. The lowest BCUT2D eigenvalue weighted by Gasteiger charge is -1.92. The molecule has 2 rings (SSSR count). The van der Waals surface area contributed by atoms with E-state index in [0.717, 1.165) is 6.42 Å². The number of rotatable bonds is 3. The molecule has 0 atom stereocenters. The Balaban J connectivity index is 2.50. The van der Waals surface area contributed by atoms with Crippen LogP contribution in [0.4, 0.5) is 4.39 Å². The van der Waals surface area contributed by atoms with Gasteiger partial charge in [0.05, 0.1) is 5.56 Å². The van der Waals surface area contributed by atoms with E-state index in [1.165, 1.54) is 12.1 Å². The molecule has 0 radical (unpaired) electrons. The predicted molar refractivity (Wildman–Crippen MR) is 62.7 cm³/mol. The van der Waals surface area contributed by atoms with Gasteiger partial charge in [0.1, 0.15) is 5.82 Å². The van der Waals surface area contributed by atoms with Gasteiger partial charge in [-0.25, -0.2) is 4.39 Å². The predicted octanol–water partition coefficient (Wildman–Crippen LogP) is 2.84. The Hall–Kier alpha value is -1.84. The molecule has 84 valence electrons. The van der Waals surface area contributed by atoms with Crippen LogP contribution in [0.15, 0.2) is 23.2 Å². The average Bonchev–Trinajstić information content (AvgIpc) is 2.56. The normalized spacial score (nSPS) is 11.6. The van der Waals surface area contributed by atoms with Crippen LogP contribution in [0.1, 0.15) is 18.9 Å². The standard InChI is InChI=1S/C12H13FN2O/c1-2-5-14-7-10-9-6-8(13)3-4-11(9)15-12(10)16/h3-4,6-7,15-16H,2,5H2,1H3. The van der Waals surface area contributed by atoms with E-state index in [4.69, 9.17) is 0 Å². The van der Waals surface area contributed by atoms with Crippen LogP contribution >= 0.6 is 0 Å². The quantitative estimate of drug-likeness (QED) is 0.768. The third kappa shape index (κ3) is 1.91. The summed E-state index contributed by atoms with van der Waals surface area (Å²) in [6.07, 6.45) is 2.52. The van der Waals surface area contributed by atoms with Crippen LogP contribution in [0.2, 0.25) is 0 Å². The number of aromatic amines is 1. The number of hydrogen-bond acceptors (Lipinski definition) is 2. The Labute approximate surface area is 92.6 Å². The number of aliphatic imine (C=N–C) groups is 1. The average molecular weight is 220 g/mol. The van der Waals surface area contributed by atoms with E-state index in [9.17, 15) is 9.50 Å². The second-order valence-electron chi connectivity index (χ2n) is 3.61. The summed E-state index contributed by atoms with van der Waals surface area (Å²) in [6.45, 7) is 2.72. The molecule has 1 aromatic carbocycles. The Morgan fingerprint density at radius 3 is 3.06 bits per heavy atom. The van der Waals surface area contributed by atoms with Gasteiger partial charge in [-0.2, -0.15) is 0 Å². The maximum atomic E-state index is 13.1. The van der Waals surface area contributed by atoms with Crippen LogP contribution in [-0.4, -0.2) is 22.8 Å². The summed E-state index contributed by atoms with van der Waals surface area (Å²) in [6, 6.07) is 4.34. The van der Waals surface area contributed by atoms with Crippen molar-refractivity contribution in [3.63, 3.8) is 0 Å². The van der Waals surface area contributed by atoms with Gasteiger partial charge >= 0.3 is 0 Å². The summed E-state index contributed by atoms with van der Waals surface area (Å²) < 4.78 is 13.1. The number of nitrogens with one attached hydrogen (secondary N) is 1. The van der Waals surface area contributed by atoms with Crippen molar-refractivity contribution in [1.82, 2.24) is 4.98 Å². The molecule has 0 saturated heterocycles. The Kier molecular flexibility index (Phi) is 2.90. The van der Waals surface area contributed by atoms with Crippen LogP contribution < -0.4 is 0 Å². The number of benzene rings is 1. The first-order valence-corrected chi connectivity index (χ1v) is 5.22. The maximum Gasteiger partial charge on any atom is 0.198 e. The molecule has 3 nitrogen and oxygen atoms in total. The van der Waals surface area contributed by atoms with E-state index in [-0.39, 0.29) is 11.7 Å². The zero-order valence-corrected chi connectivity index (χ0v) is 9.00. The van der Waals surface area contributed by atoms with E-state index < -0.39 is 0 Å². The summed E-state index contributed by atoms with van der Waals surface area (Å²) in [4.78, 5) is 6.92. The van der Waals surface area contributed by atoms with Gasteiger partial charge in [-0.15, -0.1) is 0 Å². The lowest BCUT2D eigenvalue weighted by atomic mass is 10.2. The summed E-state index contributed by atoms with van der Waals surface area (Å²) in [5.41, 5.74) is 1.25. The van der Waals surface area contributed by atoms with E-state index in [0.29, 0.717) is 23.0 Å². The van der Waals surface area contributed by atoms with Crippen molar-refractivity contribution < 1.29 is 9.50 Å². The minimum atomic E-state index is -0.323. The van der Waals surface area contributed by atoms with Gasteiger partial charge in [-0.05, 0) is 24.6 Å². The van der Waals surface area contributed by atoms with Crippen molar-refractivity contribution in [3.05, 3.63) is 29.6 Å². The number of H-pyrrole nitrogens is 1. The molecule has 0 spiro atoms. The van der Waals surface area contributed by atoms with Gasteiger partial charge in [0, 0.05) is 23.7 Å². The molecule has 2 N–H and O–H groups in total. The molecule has 0 unspecified atom stereocenters. The molecule has 1 aromatic heterocycles. The van der Waals surface area contributed by atoms with Crippen LogP contribution in [0.3, 0.4) is 0 Å². The number of fused-ring (bicyclic) bond motifs is 1. The topological polar surface area (TPSA) is 48.4 Å². The van der Waals surface area contributed by atoms with Crippen LogP contribution in [0.25, 0.3) is 10.9 Å². The SMILES string of the molecule is CCCN=Cc1c(O)[nH]c2ccc(F)cc12. The maximum absolute atomic E-state index is 13.1. The molecule has 4 heteroatoms. The van der Waals surface area contributed by atoms with Gasteiger partial charge < -0.3 is 10.1 Å². The van der Waals surface area contributed by atoms with Gasteiger partial charge in [0.2, 0.25) is 0 Å². The Bertz CT molecular complexity index is 531. The highest BCUT2D eigenvalue weighted by molar-refractivity contribution is 6.01. The van der Waals surface area contributed by atoms with Crippen molar-refractivity contribution in [1.29, 1.82) is 0 Å². The number of halogens is 1. The first kappa shape index (κ1) is 10.7. The monoisotopic (exact) mass is 220 g/mol. The molecule has 2 aromatic rings. The highest BCUT2D eigenvalue weighted by Crippen LogP contribution is 2.26.